The number of nitrogens with zero attached hydrogens (tertiary/aromatic N) is 2. The summed E-state index contributed by atoms with van der Waals surface area (Å²) in [6, 6.07) is 14.9. The first-order valence-electron chi connectivity index (χ1n) is 9.11. The molecule has 0 bridgehead atoms. The number of pyridine rings is 2. The van der Waals surface area contributed by atoms with Gasteiger partial charge in [-0.3, -0.25) is 14.6 Å². The third-order valence-electron chi connectivity index (χ3n) is 4.76. The van der Waals surface area contributed by atoms with E-state index in [1.165, 1.54) is 18.2 Å². The summed E-state index contributed by atoms with van der Waals surface area (Å²) >= 11 is 0. The van der Waals surface area contributed by atoms with Gasteiger partial charge in [-0.05, 0) is 60.5 Å². The number of hydrogen-bond donors (Lipinski definition) is 1. The molecule has 4 rings (SSSR count). The molecule has 0 radical (unpaired) electrons. The number of rotatable bonds is 4. The van der Waals surface area contributed by atoms with Crippen LogP contribution in [0.1, 0.15) is 21.5 Å². The molecule has 29 heavy (non-hydrogen) atoms. The number of nitrogens with one attached hydrogen (secondary N) is 1. The van der Waals surface area contributed by atoms with Crippen molar-refractivity contribution >= 4 is 22.4 Å². The van der Waals surface area contributed by atoms with Crippen LogP contribution in [0.25, 0.3) is 10.8 Å². The van der Waals surface area contributed by atoms with E-state index in [0.29, 0.717) is 34.1 Å². The predicted octanol–water partition coefficient (Wildman–Crippen LogP) is 4.14. The first-order chi connectivity index (χ1) is 14.0. The van der Waals surface area contributed by atoms with Crippen molar-refractivity contribution in [3.63, 3.8) is 0 Å². The summed E-state index contributed by atoms with van der Waals surface area (Å²) in [5.41, 5.74) is 2.05. The number of carbonyl (C=O) groups excluding carboxylic acids is 1. The van der Waals surface area contributed by atoms with Crippen LogP contribution >= 0.6 is 0 Å². The minimum Gasteiger partial charge on any atom is -0.321 e. The second kappa shape index (κ2) is 7.67. The molecule has 5 nitrogen and oxygen atoms in total. The Balaban J connectivity index is 1.67. The van der Waals surface area contributed by atoms with Crippen LogP contribution in [-0.2, 0) is 6.54 Å². The van der Waals surface area contributed by atoms with Gasteiger partial charge in [-0.2, -0.15) is 0 Å². The molecular formula is C23H18FN3O2. The van der Waals surface area contributed by atoms with Crippen molar-refractivity contribution in [1.29, 1.82) is 0 Å². The van der Waals surface area contributed by atoms with Gasteiger partial charge in [0.1, 0.15) is 5.82 Å². The minimum atomic E-state index is -0.361. The van der Waals surface area contributed by atoms with E-state index in [4.69, 9.17) is 0 Å². The Morgan fingerprint density at radius 2 is 1.97 bits per heavy atom. The minimum absolute atomic E-state index is 0.153. The highest BCUT2D eigenvalue weighted by atomic mass is 19.1. The van der Waals surface area contributed by atoms with Gasteiger partial charge in [0.15, 0.2) is 0 Å². The van der Waals surface area contributed by atoms with Crippen molar-refractivity contribution in [3.05, 3.63) is 106 Å². The largest absolute Gasteiger partial charge is 0.321 e. The van der Waals surface area contributed by atoms with Crippen molar-refractivity contribution in [1.82, 2.24) is 9.55 Å². The van der Waals surface area contributed by atoms with E-state index in [9.17, 15) is 14.0 Å². The van der Waals surface area contributed by atoms with Crippen LogP contribution < -0.4 is 10.9 Å². The zero-order valence-electron chi connectivity index (χ0n) is 15.7. The van der Waals surface area contributed by atoms with Gasteiger partial charge in [0.25, 0.3) is 11.5 Å². The molecule has 2 aromatic carbocycles. The molecule has 1 N–H and O–H groups in total. The van der Waals surface area contributed by atoms with Gasteiger partial charge >= 0.3 is 0 Å². The maximum absolute atomic E-state index is 13.5. The van der Waals surface area contributed by atoms with Crippen LogP contribution in [0.3, 0.4) is 0 Å². The predicted molar refractivity (Wildman–Crippen MR) is 111 cm³/mol. The van der Waals surface area contributed by atoms with E-state index < -0.39 is 0 Å². The Bertz CT molecular complexity index is 1270. The van der Waals surface area contributed by atoms with E-state index in [-0.39, 0.29) is 17.3 Å². The summed E-state index contributed by atoms with van der Waals surface area (Å²) in [7, 11) is 0. The van der Waals surface area contributed by atoms with Gasteiger partial charge in [-0.15, -0.1) is 0 Å². The summed E-state index contributed by atoms with van der Waals surface area (Å²) in [5.74, 6) is -0.721. The van der Waals surface area contributed by atoms with Gasteiger partial charge in [0.05, 0.1) is 6.54 Å². The van der Waals surface area contributed by atoms with Crippen LogP contribution in [0, 0.1) is 12.7 Å². The summed E-state index contributed by atoms with van der Waals surface area (Å²) in [6.07, 6.45) is 5.11. The molecule has 144 valence electrons. The van der Waals surface area contributed by atoms with E-state index in [0.717, 1.165) is 5.56 Å². The van der Waals surface area contributed by atoms with Crippen molar-refractivity contribution in [2.45, 2.75) is 13.5 Å². The maximum atomic E-state index is 13.5. The standard InChI is InChI=1S/C23H18FN3O2/c1-15-12-17(7-8-20(15)24)22(28)26-21-6-2-5-19-18(21)9-11-27(23(19)29)14-16-4-3-10-25-13-16/h2-13H,14H2,1H3,(H,26,28). The number of aryl methyl sites for hydroxylation is 1. The lowest BCUT2D eigenvalue weighted by Gasteiger charge is -2.11. The third kappa shape index (κ3) is 3.78. The van der Waals surface area contributed by atoms with Crippen molar-refractivity contribution < 1.29 is 9.18 Å². The van der Waals surface area contributed by atoms with Gasteiger partial charge in [-0.1, -0.05) is 12.1 Å². The summed E-state index contributed by atoms with van der Waals surface area (Å²) in [6.45, 7) is 2.02. The molecule has 6 heteroatoms. The highest BCUT2D eigenvalue weighted by Gasteiger charge is 2.12. The number of amides is 1. The number of fused-ring (bicyclic) bond motifs is 1. The van der Waals surface area contributed by atoms with E-state index in [1.54, 1.807) is 54.3 Å². The highest BCUT2D eigenvalue weighted by molar-refractivity contribution is 6.09. The Kier molecular flexibility index (Phi) is 4.91. The van der Waals surface area contributed by atoms with Crippen LogP contribution in [0.15, 0.2) is 78.0 Å². The fraction of sp³-hybridized carbons (Fsp3) is 0.0870. The fourth-order valence-corrected chi connectivity index (χ4v) is 3.22. The number of carbonyl (C=O) groups is 1. The molecule has 0 fully saturated rings. The van der Waals surface area contributed by atoms with Crippen LogP contribution in [0.5, 0.6) is 0 Å². The van der Waals surface area contributed by atoms with Gasteiger partial charge < -0.3 is 9.88 Å². The molecule has 1 amide bonds. The second-order valence-electron chi connectivity index (χ2n) is 6.79. The maximum Gasteiger partial charge on any atom is 0.258 e. The smallest absolute Gasteiger partial charge is 0.258 e. The average molecular weight is 387 g/mol. The van der Waals surface area contributed by atoms with Crippen molar-refractivity contribution in [2.75, 3.05) is 5.32 Å². The molecule has 0 spiro atoms. The lowest BCUT2D eigenvalue weighted by Crippen LogP contribution is -2.21. The zero-order chi connectivity index (χ0) is 20.4. The molecule has 2 heterocycles. The quantitative estimate of drug-likeness (QED) is 0.572. The van der Waals surface area contributed by atoms with Gasteiger partial charge in [0, 0.05) is 40.6 Å². The van der Waals surface area contributed by atoms with Crippen LogP contribution in [0.2, 0.25) is 0 Å². The number of aromatic nitrogens is 2. The number of hydrogen-bond acceptors (Lipinski definition) is 3. The highest BCUT2D eigenvalue weighted by Crippen LogP contribution is 2.22. The molecule has 4 aromatic rings. The molecular weight excluding hydrogens is 369 g/mol. The van der Waals surface area contributed by atoms with Crippen molar-refractivity contribution in [3.8, 4) is 0 Å². The molecule has 0 aliphatic heterocycles. The third-order valence-corrected chi connectivity index (χ3v) is 4.76. The Morgan fingerprint density at radius 1 is 1.10 bits per heavy atom. The van der Waals surface area contributed by atoms with E-state index >= 15 is 0 Å². The first kappa shape index (κ1) is 18.6. The normalized spacial score (nSPS) is 10.8. The summed E-state index contributed by atoms with van der Waals surface area (Å²) in [4.78, 5) is 29.6. The van der Waals surface area contributed by atoms with Crippen LogP contribution in [-0.4, -0.2) is 15.5 Å². The van der Waals surface area contributed by atoms with E-state index in [2.05, 4.69) is 10.3 Å². The van der Waals surface area contributed by atoms with E-state index in [1.807, 2.05) is 12.1 Å². The lowest BCUT2D eigenvalue weighted by atomic mass is 10.1. The average Bonchev–Trinajstić information content (AvgIpc) is 2.73. The molecule has 0 unspecified atom stereocenters. The Morgan fingerprint density at radius 3 is 2.72 bits per heavy atom. The topological polar surface area (TPSA) is 64.0 Å². The summed E-state index contributed by atoms with van der Waals surface area (Å²) < 4.78 is 15.1. The molecule has 0 aliphatic carbocycles. The molecule has 0 saturated carbocycles. The number of anilines is 1. The fourth-order valence-electron chi connectivity index (χ4n) is 3.22. The molecule has 0 aliphatic rings. The Labute approximate surface area is 166 Å². The SMILES string of the molecule is Cc1cc(C(=O)Nc2cccc3c(=O)n(Cc4cccnc4)ccc23)ccc1F. The molecule has 2 aromatic heterocycles. The number of halogens is 1. The van der Waals surface area contributed by atoms with Gasteiger partial charge in [-0.25, -0.2) is 4.39 Å². The van der Waals surface area contributed by atoms with Gasteiger partial charge in [0.2, 0.25) is 0 Å². The molecule has 0 atom stereocenters. The zero-order valence-corrected chi connectivity index (χ0v) is 15.7. The van der Waals surface area contributed by atoms with Crippen molar-refractivity contribution in [2.24, 2.45) is 0 Å². The first-order valence-corrected chi connectivity index (χ1v) is 9.11. The monoisotopic (exact) mass is 387 g/mol. The summed E-state index contributed by atoms with van der Waals surface area (Å²) in [5, 5.41) is 3.97. The second-order valence-corrected chi connectivity index (χ2v) is 6.79. The molecule has 0 saturated heterocycles. The number of benzene rings is 2. The Hall–Kier alpha value is -3.80. The lowest BCUT2D eigenvalue weighted by molar-refractivity contribution is 0.102. The van der Waals surface area contributed by atoms with Crippen LogP contribution in [0.4, 0.5) is 10.1 Å².